The normalized spacial score (nSPS) is 24.1. The summed E-state index contributed by atoms with van der Waals surface area (Å²) in [7, 11) is 0. The smallest absolute Gasteiger partial charge is 0.255 e. The predicted octanol–water partition coefficient (Wildman–Crippen LogP) is 0.0933. The lowest BCUT2D eigenvalue weighted by Gasteiger charge is -2.29. The molecule has 1 atom stereocenters. The van der Waals surface area contributed by atoms with Gasteiger partial charge in [-0.25, -0.2) is 0 Å². The van der Waals surface area contributed by atoms with Gasteiger partial charge in [0.15, 0.2) is 0 Å². The van der Waals surface area contributed by atoms with Crippen LogP contribution in [0, 0.1) is 0 Å². The van der Waals surface area contributed by atoms with Crippen molar-refractivity contribution in [3.8, 4) is 0 Å². The number of fused-ring (bicyclic) bond motifs is 3. The highest BCUT2D eigenvalue weighted by Gasteiger charge is 2.40. The Bertz CT molecular complexity index is 698. The van der Waals surface area contributed by atoms with Gasteiger partial charge in [-0.1, -0.05) is 6.07 Å². The fourth-order valence-electron chi connectivity index (χ4n) is 3.66. The summed E-state index contributed by atoms with van der Waals surface area (Å²) in [5.41, 5.74) is 4.27. The zero-order valence-electron chi connectivity index (χ0n) is 12.1. The Balaban J connectivity index is 1.67. The van der Waals surface area contributed by atoms with Gasteiger partial charge < -0.3 is 10.2 Å². The molecule has 3 heterocycles. The number of carbonyl (C=O) groups excluding carboxylic acids is 3. The monoisotopic (exact) mass is 299 g/mol. The van der Waals surface area contributed by atoms with E-state index in [1.807, 2.05) is 12.1 Å². The number of hydrogen-bond acceptors (Lipinski definition) is 4. The molecule has 6 heteroatoms. The van der Waals surface area contributed by atoms with Crippen LogP contribution in [0.3, 0.4) is 0 Å². The summed E-state index contributed by atoms with van der Waals surface area (Å²) in [6, 6.07) is 3.34. The molecular weight excluding hydrogens is 282 g/mol. The van der Waals surface area contributed by atoms with Crippen LogP contribution in [0.15, 0.2) is 12.1 Å². The van der Waals surface area contributed by atoms with Gasteiger partial charge in [-0.2, -0.15) is 0 Å². The molecule has 4 rings (SSSR count). The second-order valence-electron chi connectivity index (χ2n) is 6.06. The van der Waals surface area contributed by atoms with E-state index in [2.05, 4.69) is 10.6 Å². The number of carbonyl (C=O) groups is 3. The maximum atomic E-state index is 12.7. The molecule has 0 bridgehead atoms. The minimum atomic E-state index is -0.532. The van der Waals surface area contributed by atoms with Crippen molar-refractivity contribution in [2.24, 2.45) is 0 Å². The molecule has 0 radical (unpaired) electrons. The highest BCUT2D eigenvalue weighted by Crippen LogP contribution is 2.32. The average Bonchev–Trinajstić information content (AvgIpc) is 2.85. The SMILES string of the molecule is O=C1CCC(N2Cc3c(ccc4c3CCNC4)C2=O)C(=O)N1. The summed E-state index contributed by atoms with van der Waals surface area (Å²) >= 11 is 0. The molecule has 3 amide bonds. The second kappa shape index (κ2) is 4.91. The van der Waals surface area contributed by atoms with Crippen molar-refractivity contribution in [2.45, 2.75) is 38.4 Å². The predicted molar refractivity (Wildman–Crippen MR) is 77.9 cm³/mol. The van der Waals surface area contributed by atoms with Crippen molar-refractivity contribution in [3.05, 3.63) is 34.4 Å². The number of benzene rings is 1. The third-order valence-electron chi connectivity index (χ3n) is 4.80. The molecule has 3 aliphatic rings. The molecule has 0 saturated carbocycles. The Morgan fingerprint density at radius 1 is 1.09 bits per heavy atom. The van der Waals surface area contributed by atoms with Crippen LogP contribution in [0.1, 0.15) is 39.9 Å². The third kappa shape index (κ3) is 1.94. The van der Waals surface area contributed by atoms with Crippen molar-refractivity contribution >= 4 is 17.7 Å². The molecule has 3 aliphatic heterocycles. The topological polar surface area (TPSA) is 78.5 Å². The van der Waals surface area contributed by atoms with Gasteiger partial charge in [-0.15, -0.1) is 0 Å². The number of nitrogens with one attached hydrogen (secondary N) is 2. The van der Waals surface area contributed by atoms with Gasteiger partial charge in [-0.3, -0.25) is 19.7 Å². The van der Waals surface area contributed by atoms with Gasteiger partial charge in [0.25, 0.3) is 5.91 Å². The minimum Gasteiger partial charge on any atom is -0.322 e. The van der Waals surface area contributed by atoms with Crippen LogP contribution in [-0.4, -0.2) is 35.2 Å². The summed E-state index contributed by atoms with van der Waals surface area (Å²) in [5, 5.41) is 5.66. The standard InChI is InChI=1S/C16H17N3O3/c20-14-4-3-13(15(21)18-14)19-8-12-10-5-6-17-7-9(10)1-2-11(12)16(19)22/h1-2,13,17H,3-8H2,(H,18,20,21). The van der Waals surface area contributed by atoms with Gasteiger partial charge in [-0.05, 0) is 42.1 Å². The molecule has 1 unspecified atom stereocenters. The highest BCUT2D eigenvalue weighted by atomic mass is 16.2. The van der Waals surface area contributed by atoms with Crippen LogP contribution in [0.5, 0.6) is 0 Å². The molecule has 22 heavy (non-hydrogen) atoms. The summed E-state index contributed by atoms with van der Waals surface area (Å²) in [6.45, 7) is 2.22. The molecular formula is C16H17N3O3. The largest absolute Gasteiger partial charge is 0.322 e. The van der Waals surface area contributed by atoms with Crippen LogP contribution < -0.4 is 10.6 Å². The number of nitrogens with zero attached hydrogens (tertiary/aromatic N) is 1. The van der Waals surface area contributed by atoms with E-state index < -0.39 is 6.04 Å². The van der Waals surface area contributed by atoms with E-state index in [1.54, 1.807) is 4.90 Å². The van der Waals surface area contributed by atoms with E-state index >= 15 is 0 Å². The van der Waals surface area contributed by atoms with Crippen molar-refractivity contribution in [3.63, 3.8) is 0 Å². The van der Waals surface area contributed by atoms with Crippen molar-refractivity contribution in [1.82, 2.24) is 15.5 Å². The summed E-state index contributed by atoms with van der Waals surface area (Å²) in [4.78, 5) is 37.6. The molecule has 1 aromatic carbocycles. The van der Waals surface area contributed by atoms with Gasteiger partial charge in [0.2, 0.25) is 11.8 Å². The first-order valence-corrected chi connectivity index (χ1v) is 7.64. The van der Waals surface area contributed by atoms with Gasteiger partial charge in [0.05, 0.1) is 0 Å². The van der Waals surface area contributed by atoms with Crippen LogP contribution in [0.25, 0.3) is 0 Å². The number of hydrogen-bond donors (Lipinski definition) is 2. The number of imide groups is 1. The van der Waals surface area contributed by atoms with E-state index in [0.29, 0.717) is 24.9 Å². The second-order valence-corrected chi connectivity index (χ2v) is 6.06. The Morgan fingerprint density at radius 2 is 1.95 bits per heavy atom. The maximum absolute atomic E-state index is 12.7. The lowest BCUT2D eigenvalue weighted by molar-refractivity contribution is -0.136. The first kappa shape index (κ1) is 13.5. The maximum Gasteiger partial charge on any atom is 0.255 e. The lowest BCUT2D eigenvalue weighted by Crippen LogP contribution is -2.52. The number of rotatable bonds is 1. The fraction of sp³-hybridized carbons (Fsp3) is 0.438. The Kier molecular flexibility index (Phi) is 3.00. The van der Waals surface area contributed by atoms with E-state index in [9.17, 15) is 14.4 Å². The molecule has 1 saturated heterocycles. The quantitative estimate of drug-likeness (QED) is 0.721. The molecule has 2 N–H and O–H groups in total. The minimum absolute atomic E-state index is 0.0918. The van der Waals surface area contributed by atoms with E-state index in [4.69, 9.17) is 0 Å². The molecule has 114 valence electrons. The fourth-order valence-corrected chi connectivity index (χ4v) is 3.66. The van der Waals surface area contributed by atoms with Crippen molar-refractivity contribution < 1.29 is 14.4 Å². The van der Waals surface area contributed by atoms with E-state index in [-0.39, 0.29) is 17.7 Å². The zero-order chi connectivity index (χ0) is 15.3. The van der Waals surface area contributed by atoms with E-state index in [1.165, 1.54) is 11.1 Å². The summed E-state index contributed by atoms with van der Waals surface area (Å²) in [6.07, 6.45) is 1.61. The van der Waals surface area contributed by atoms with Crippen molar-refractivity contribution in [1.29, 1.82) is 0 Å². The van der Waals surface area contributed by atoms with Gasteiger partial charge in [0, 0.05) is 25.1 Å². The number of amides is 3. The Morgan fingerprint density at radius 3 is 2.77 bits per heavy atom. The van der Waals surface area contributed by atoms with Crippen molar-refractivity contribution in [2.75, 3.05) is 6.54 Å². The zero-order valence-corrected chi connectivity index (χ0v) is 12.1. The van der Waals surface area contributed by atoms with Gasteiger partial charge >= 0.3 is 0 Å². The summed E-state index contributed by atoms with van der Waals surface area (Å²) < 4.78 is 0. The van der Waals surface area contributed by atoms with Crippen LogP contribution in [-0.2, 0) is 29.1 Å². The van der Waals surface area contributed by atoms with E-state index in [0.717, 1.165) is 25.1 Å². The highest BCUT2D eigenvalue weighted by molar-refractivity contribution is 6.05. The molecule has 6 nitrogen and oxygen atoms in total. The summed E-state index contributed by atoms with van der Waals surface area (Å²) in [5.74, 6) is -0.701. The van der Waals surface area contributed by atoms with Gasteiger partial charge in [0.1, 0.15) is 6.04 Å². The molecule has 1 fully saturated rings. The first-order chi connectivity index (χ1) is 10.6. The molecule has 0 aliphatic carbocycles. The van der Waals surface area contributed by atoms with Crippen LogP contribution in [0.4, 0.5) is 0 Å². The average molecular weight is 299 g/mol. The Labute approximate surface area is 127 Å². The third-order valence-corrected chi connectivity index (χ3v) is 4.80. The molecule has 0 aromatic heterocycles. The number of piperidine rings is 1. The van der Waals surface area contributed by atoms with Crippen LogP contribution >= 0.6 is 0 Å². The Hall–Kier alpha value is -2.21. The molecule has 1 aromatic rings. The molecule has 0 spiro atoms. The first-order valence-electron chi connectivity index (χ1n) is 7.64. The van der Waals surface area contributed by atoms with Crippen LogP contribution in [0.2, 0.25) is 0 Å². The lowest BCUT2D eigenvalue weighted by atomic mass is 9.93.